The Morgan fingerprint density at radius 2 is 1.67 bits per heavy atom. The van der Waals surface area contributed by atoms with Gasteiger partial charge >= 0.3 is 19.0 Å². The monoisotopic (exact) mass is 260 g/mol. The van der Waals surface area contributed by atoms with E-state index in [1.165, 1.54) is 12.2 Å². The Bertz CT molecular complexity index is 261. The molecule has 7 nitrogen and oxygen atoms in total. The third-order valence-corrected chi connectivity index (χ3v) is 1.46. The van der Waals surface area contributed by atoms with Crippen LogP contribution < -0.4 is 0 Å². The van der Waals surface area contributed by atoms with E-state index in [1.54, 1.807) is 0 Å². The molecule has 0 fully saturated rings. The van der Waals surface area contributed by atoms with Crippen LogP contribution in [0.1, 0.15) is 0 Å². The smallest absolute Gasteiger partial charge is 0.328 e. The summed E-state index contributed by atoms with van der Waals surface area (Å²) in [5.41, 5.74) is 0. The quantitative estimate of drug-likeness (QED) is 0.359. The van der Waals surface area contributed by atoms with Gasteiger partial charge in [0, 0.05) is 0 Å². The number of rotatable bonds is 6. The van der Waals surface area contributed by atoms with E-state index in [4.69, 9.17) is 14.3 Å². The molecule has 0 saturated heterocycles. The molecule has 0 aromatic carbocycles. The third kappa shape index (κ3) is 24.8. The zero-order valence-corrected chi connectivity index (χ0v) is 9.52. The van der Waals surface area contributed by atoms with E-state index in [0.29, 0.717) is 0 Å². The maximum Gasteiger partial charge on any atom is 0.397 e. The average molecular weight is 260 g/mol. The molecule has 0 heterocycles. The molecule has 15 heavy (non-hydrogen) atoms. The fourth-order valence-electron chi connectivity index (χ4n) is 0.253. The van der Waals surface area contributed by atoms with Crippen LogP contribution in [0.2, 0.25) is 0 Å². The van der Waals surface area contributed by atoms with Crippen LogP contribution >= 0.6 is 8.60 Å². The van der Waals surface area contributed by atoms with Crippen LogP contribution in [0.5, 0.6) is 0 Å². The van der Waals surface area contributed by atoms with Crippen molar-refractivity contribution in [3.8, 4) is 0 Å². The average Bonchev–Trinajstić information content (AvgIpc) is 2.11. The molecule has 0 atom stereocenters. The molecule has 0 bridgehead atoms. The lowest BCUT2D eigenvalue weighted by atomic mass is 10.7. The second-order valence-electron chi connectivity index (χ2n) is 1.84. The van der Waals surface area contributed by atoms with Crippen molar-refractivity contribution < 1.29 is 31.5 Å². The normalized spacial score (nSPS) is 10.4. The highest BCUT2D eigenvalue weighted by molar-refractivity contribution is 7.80. The molecule has 0 saturated carbocycles. The molecule has 0 aliphatic heterocycles. The van der Waals surface area contributed by atoms with E-state index in [0.717, 1.165) is 0 Å². The molecule has 90 valence electrons. The zero-order valence-electron chi connectivity index (χ0n) is 7.81. The fourth-order valence-corrected chi connectivity index (χ4v) is 0.760. The molecule has 0 aliphatic carbocycles. The Balaban J connectivity index is 0. The molecule has 0 amide bonds. The van der Waals surface area contributed by atoms with Crippen LogP contribution in [0.3, 0.4) is 0 Å². The van der Waals surface area contributed by atoms with Gasteiger partial charge in [0.1, 0.15) is 0 Å². The maximum atomic E-state index is 9.68. The Labute approximate surface area is 89.6 Å². The molecule has 0 rings (SSSR count). The molecule has 0 aliphatic rings. The summed E-state index contributed by atoms with van der Waals surface area (Å²) in [6, 6.07) is 0. The molecule has 0 aromatic heterocycles. The molecule has 0 radical (unpaired) electrons. The minimum absolute atomic E-state index is 0.193. The molecule has 0 unspecified atom stereocenters. The van der Waals surface area contributed by atoms with Crippen molar-refractivity contribution in [3.05, 3.63) is 25.3 Å². The maximum absolute atomic E-state index is 9.68. The zero-order chi connectivity index (χ0) is 12.3. The van der Waals surface area contributed by atoms with Crippen molar-refractivity contribution >= 4 is 19.0 Å². The summed E-state index contributed by atoms with van der Waals surface area (Å²) in [6.07, 6.45) is 2.66. The van der Waals surface area contributed by atoms with Crippen LogP contribution in [0, 0.1) is 0 Å². The van der Waals surface area contributed by atoms with Crippen molar-refractivity contribution in [1.29, 1.82) is 0 Å². The lowest BCUT2D eigenvalue weighted by Crippen LogP contribution is -2.02. The van der Waals surface area contributed by atoms with Crippen LogP contribution in [0.25, 0.3) is 0 Å². The lowest BCUT2D eigenvalue weighted by molar-refractivity contribution is 0.282. The fraction of sp³-hybridized carbons (Fsp3) is 0.333. The van der Waals surface area contributed by atoms with E-state index >= 15 is 0 Å². The Kier molecular flexibility index (Phi) is 11.6. The van der Waals surface area contributed by atoms with Gasteiger partial charge in [-0.3, -0.25) is 4.55 Å². The number of hydrogen-bond acceptors (Lipinski definition) is 6. The highest BCUT2D eigenvalue weighted by Gasteiger charge is 1.99. The third-order valence-electron chi connectivity index (χ3n) is 0.643. The highest BCUT2D eigenvalue weighted by Crippen LogP contribution is 2.23. The van der Waals surface area contributed by atoms with Crippen LogP contribution in [-0.4, -0.2) is 36.0 Å². The predicted octanol–water partition coefficient (Wildman–Crippen LogP) is 0.392. The van der Waals surface area contributed by atoms with Gasteiger partial charge in [0.05, 0.1) is 13.2 Å². The first kappa shape index (κ1) is 17.1. The van der Waals surface area contributed by atoms with Gasteiger partial charge in [-0.1, -0.05) is 12.2 Å². The topological polar surface area (TPSA) is 113 Å². The molecule has 0 aromatic rings. The molecular formula is C6H13O7PS. The Morgan fingerprint density at radius 1 is 1.20 bits per heavy atom. The standard InChI is InChI=1S/C3H6O4S.C3H7O3P/c1-2-3-7-8(4,5)6;1-2-3-6-7(4)5/h2H,1,3H2,(H,4,5,6);2,4-5H,1,3H2. The van der Waals surface area contributed by atoms with Gasteiger partial charge in [-0.15, -0.1) is 13.2 Å². The summed E-state index contributed by atoms with van der Waals surface area (Å²) in [5.74, 6) is 0. The van der Waals surface area contributed by atoms with E-state index in [2.05, 4.69) is 21.9 Å². The molecule has 3 N–H and O–H groups in total. The molecule has 0 spiro atoms. The van der Waals surface area contributed by atoms with Crippen molar-refractivity contribution in [2.75, 3.05) is 13.2 Å². The van der Waals surface area contributed by atoms with Gasteiger partial charge in [0.15, 0.2) is 0 Å². The summed E-state index contributed by atoms with van der Waals surface area (Å²) in [4.78, 5) is 16.1. The Hall–Kier alpha value is -0.340. The highest BCUT2D eigenvalue weighted by atomic mass is 32.3. The minimum atomic E-state index is -4.26. The van der Waals surface area contributed by atoms with E-state index < -0.39 is 19.0 Å². The van der Waals surface area contributed by atoms with Crippen LogP contribution in [0.15, 0.2) is 25.3 Å². The van der Waals surface area contributed by atoms with E-state index in [9.17, 15) is 8.42 Å². The summed E-state index contributed by atoms with van der Waals surface area (Å²) in [6.45, 7) is 6.46. The largest absolute Gasteiger partial charge is 0.397 e. The van der Waals surface area contributed by atoms with E-state index in [-0.39, 0.29) is 13.2 Å². The number of hydrogen-bond donors (Lipinski definition) is 3. The first-order valence-corrected chi connectivity index (χ1v) is 6.01. The van der Waals surface area contributed by atoms with Crippen LogP contribution in [-0.2, 0) is 19.1 Å². The second-order valence-corrected chi connectivity index (χ2v) is 3.69. The van der Waals surface area contributed by atoms with Crippen molar-refractivity contribution in [2.45, 2.75) is 0 Å². The summed E-state index contributed by atoms with van der Waals surface area (Å²) >= 11 is 0. The van der Waals surface area contributed by atoms with Crippen molar-refractivity contribution in [2.24, 2.45) is 0 Å². The first-order valence-electron chi connectivity index (χ1n) is 3.48. The molecule has 9 heteroatoms. The SMILES string of the molecule is C=CCOP(O)O.C=CCOS(=O)(=O)O. The summed E-state index contributed by atoms with van der Waals surface area (Å²) in [7, 11) is -6.44. The van der Waals surface area contributed by atoms with Gasteiger partial charge in [-0.25, -0.2) is 4.18 Å². The Morgan fingerprint density at radius 3 is 1.80 bits per heavy atom. The second kappa shape index (κ2) is 10.2. The van der Waals surface area contributed by atoms with Crippen molar-refractivity contribution in [1.82, 2.24) is 0 Å². The van der Waals surface area contributed by atoms with Gasteiger partial charge in [-0.2, -0.15) is 8.42 Å². The molecular weight excluding hydrogens is 247 g/mol. The minimum Gasteiger partial charge on any atom is -0.328 e. The van der Waals surface area contributed by atoms with Gasteiger partial charge < -0.3 is 14.3 Å². The van der Waals surface area contributed by atoms with Gasteiger partial charge in [0.2, 0.25) is 0 Å². The van der Waals surface area contributed by atoms with Gasteiger partial charge in [0.25, 0.3) is 0 Å². The lowest BCUT2D eigenvalue weighted by Gasteiger charge is -1.96. The van der Waals surface area contributed by atoms with Crippen LogP contribution in [0.4, 0.5) is 0 Å². The van der Waals surface area contributed by atoms with Crippen molar-refractivity contribution in [3.63, 3.8) is 0 Å². The van der Waals surface area contributed by atoms with E-state index in [1.807, 2.05) is 0 Å². The summed E-state index contributed by atoms with van der Waals surface area (Å²) in [5, 5.41) is 0. The predicted molar refractivity (Wildman–Crippen MR) is 55.2 cm³/mol. The first-order chi connectivity index (χ1) is 6.83. The summed E-state index contributed by atoms with van der Waals surface area (Å²) < 4.78 is 35.2. The van der Waals surface area contributed by atoms with Gasteiger partial charge in [-0.05, 0) is 0 Å².